The highest BCUT2D eigenvalue weighted by Gasteiger charge is 2.32. The molecule has 7 nitrogen and oxygen atoms in total. The highest BCUT2D eigenvalue weighted by molar-refractivity contribution is 5.95. The second kappa shape index (κ2) is 6.58. The number of aromatic nitrogens is 4. The predicted octanol–water partition coefficient (Wildman–Crippen LogP) is 2.55. The van der Waals surface area contributed by atoms with Crippen LogP contribution in [-0.2, 0) is 0 Å². The van der Waals surface area contributed by atoms with Crippen molar-refractivity contribution in [2.45, 2.75) is 44.6 Å². The molecule has 2 aliphatic rings. The number of fused-ring (bicyclic) bond motifs is 1. The predicted molar refractivity (Wildman–Crippen MR) is 105 cm³/mol. The van der Waals surface area contributed by atoms with E-state index in [2.05, 4.69) is 10.2 Å². The molecule has 0 aromatic carbocycles. The van der Waals surface area contributed by atoms with E-state index < -0.39 is 0 Å². The Morgan fingerprint density at radius 1 is 1.11 bits per heavy atom. The molecule has 1 amide bonds. The van der Waals surface area contributed by atoms with Crippen molar-refractivity contribution in [3.63, 3.8) is 0 Å². The maximum absolute atomic E-state index is 13.3. The van der Waals surface area contributed by atoms with Crippen molar-refractivity contribution in [2.24, 2.45) is 0 Å². The second-order valence-electron chi connectivity index (χ2n) is 7.89. The highest BCUT2D eigenvalue weighted by atomic mass is 16.2. The Labute approximate surface area is 162 Å². The summed E-state index contributed by atoms with van der Waals surface area (Å²) < 4.78 is 3.72. The number of carbonyl (C=O) groups is 1. The van der Waals surface area contributed by atoms with Crippen molar-refractivity contribution in [1.82, 2.24) is 24.1 Å². The van der Waals surface area contributed by atoms with Crippen molar-refractivity contribution < 1.29 is 4.79 Å². The lowest BCUT2D eigenvalue weighted by Gasteiger charge is -2.32. The minimum Gasteiger partial charge on any atom is -0.338 e. The van der Waals surface area contributed by atoms with Gasteiger partial charge in [-0.15, -0.1) is 10.2 Å². The van der Waals surface area contributed by atoms with Gasteiger partial charge in [-0.25, -0.2) is 0 Å². The number of nitrogens with zero attached hydrogens (tertiary/aromatic N) is 5. The average Bonchev–Trinajstić information content (AvgIpc) is 3.46. The molecule has 1 unspecified atom stereocenters. The zero-order valence-electron chi connectivity index (χ0n) is 15.9. The zero-order chi connectivity index (χ0) is 19.3. The van der Waals surface area contributed by atoms with Gasteiger partial charge < -0.3 is 9.47 Å². The Balaban J connectivity index is 1.45. The average molecular weight is 377 g/mol. The lowest BCUT2D eigenvalue weighted by molar-refractivity contribution is 0.0701. The van der Waals surface area contributed by atoms with E-state index in [9.17, 15) is 9.59 Å². The molecule has 1 saturated carbocycles. The molecule has 1 aliphatic heterocycles. The summed E-state index contributed by atoms with van der Waals surface area (Å²) in [5.41, 5.74) is 1.73. The molecule has 5 rings (SSSR count). The largest absolute Gasteiger partial charge is 0.338 e. The summed E-state index contributed by atoms with van der Waals surface area (Å²) in [7, 11) is 0. The molecular weight excluding hydrogens is 354 g/mol. The van der Waals surface area contributed by atoms with Crippen LogP contribution in [0.5, 0.6) is 0 Å². The molecule has 2 fully saturated rings. The summed E-state index contributed by atoms with van der Waals surface area (Å²) in [5, 5.41) is 8.62. The lowest BCUT2D eigenvalue weighted by Crippen LogP contribution is -2.42. The number of hydrogen-bond donors (Lipinski definition) is 0. The molecule has 3 aromatic heterocycles. The van der Waals surface area contributed by atoms with E-state index in [1.54, 1.807) is 4.57 Å². The topological polar surface area (TPSA) is 72.5 Å². The van der Waals surface area contributed by atoms with Crippen LogP contribution in [0.3, 0.4) is 0 Å². The molecular formula is C21H23N5O2. The highest BCUT2D eigenvalue weighted by Crippen LogP contribution is 2.33. The first-order valence-electron chi connectivity index (χ1n) is 9.94. The first-order chi connectivity index (χ1) is 13.6. The molecule has 0 bridgehead atoms. The van der Waals surface area contributed by atoms with Crippen LogP contribution in [0, 0.1) is 6.92 Å². The number of carbonyl (C=O) groups excluding carboxylic acids is 1. The molecule has 1 aliphatic carbocycles. The fourth-order valence-corrected chi connectivity index (χ4v) is 4.21. The Morgan fingerprint density at radius 2 is 1.96 bits per heavy atom. The Bertz CT molecular complexity index is 1110. The quantitative estimate of drug-likeness (QED) is 0.703. The summed E-state index contributed by atoms with van der Waals surface area (Å²) in [6.07, 6.45) is 7.67. The van der Waals surface area contributed by atoms with E-state index in [0.717, 1.165) is 42.7 Å². The van der Waals surface area contributed by atoms with Crippen molar-refractivity contribution in [2.75, 3.05) is 13.1 Å². The summed E-state index contributed by atoms with van der Waals surface area (Å²) in [6, 6.07) is 7.97. The fraction of sp³-hybridized carbons (Fsp3) is 0.429. The molecule has 4 heterocycles. The van der Waals surface area contributed by atoms with E-state index in [4.69, 9.17) is 0 Å². The fourth-order valence-electron chi connectivity index (χ4n) is 4.21. The SMILES string of the molecule is Cc1ccn(C2CC2)c(=O)c1C(=O)N1CCCC(c2nnc3ccccn23)C1. The molecule has 1 atom stereocenters. The van der Waals surface area contributed by atoms with Gasteiger partial charge >= 0.3 is 0 Å². The van der Waals surface area contributed by atoms with Gasteiger partial charge in [0.25, 0.3) is 11.5 Å². The molecule has 1 saturated heterocycles. The first kappa shape index (κ1) is 17.2. The van der Waals surface area contributed by atoms with E-state index >= 15 is 0 Å². The minimum atomic E-state index is -0.156. The summed E-state index contributed by atoms with van der Waals surface area (Å²) in [5.74, 6) is 0.842. The van der Waals surface area contributed by atoms with E-state index in [0.29, 0.717) is 18.7 Å². The summed E-state index contributed by atoms with van der Waals surface area (Å²) in [6.45, 7) is 3.08. The zero-order valence-corrected chi connectivity index (χ0v) is 15.9. The first-order valence-corrected chi connectivity index (χ1v) is 9.94. The molecule has 0 radical (unpaired) electrons. The van der Waals surface area contributed by atoms with Crippen LogP contribution in [0.2, 0.25) is 0 Å². The third-order valence-electron chi connectivity index (χ3n) is 5.90. The van der Waals surface area contributed by atoms with E-state index in [1.165, 1.54) is 0 Å². The Morgan fingerprint density at radius 3 is 2.79 bits per heavy atom. The van der Waals surface area contributed by atoms with E-state index in [1.807, 2.05) is 52.9 Å². The minimum absolute atomic E-state index is 0.116. The van der Waals surface area contributed by atoms with Gasteiger partial charge in [0.1, 0.15) is 11.4 Å². The molecule has 0 N–H and O–H groups in total. The molecule has 28 heavy (non-hydrogen) atoms. The van der Waals surface area contributed by atoms with Gasteiger partial charge in [0, 0.05) is 37.4 Å². The van der Waals surface area contributed by atoms with Gasteiger partial charge in [0.05, 0.1) is 0 Å². The monoisotopic (exact) mass is 377 g/mol. The van der Waals surface area contributed by atoms with Crippen LogP contribution in [-0.4, -0.2) is 43.1 Å². The van der Waals surface area contributed by atoms with Gasteiger partial charge in [0.15, 0.2) is 5.65 Å². The van der Waals surface area contributed by atoms with Crippen LogP contribution < -0.4 is 5.56 Å². The normalized spacial score (nSPS) is 19.9. The Hall–Kier alpha value is -2.96. The Kier molecular flexibility index (Phi) is 4.03. The van der Waals surface area contributed by atoms with Crippen LogP contribution in [0.15, 0.2) is 41.5 Å². The maximum atomic E-state index is 13.3. The van der Waals surface area contributed by atoms with Crippen molar-refractivity contribution in [1.29, 1.82) is 0 Å². The van der Waals surface area contributed by atoms with Crippen molar-refractivity contribution in [3.05, 3.63) is 64.0 Å². The van der Waals surface area contributed by atoms with Crippen LogP contribution >= 0.6 is 0 Å². The third-order valence-corrected chi connectivity index (χ3v) is 5.90. The third kappa shape index (κ3) is 2.82. The number of pyridine rings is 2. The van der Waals surface area contributed by atoms with Crippen LogP contribution in [0.4, 0.5) is 0 Å². The van der Waals surface area contributed by atoms with Gasteiger partial charge in [0.2, 0.25) is 0 Å². The van der Waals surface area contributed by atoms with E-state index in [-0.39, 0.29) is 23.4 Å². The molecule has 3 aromatic rings. The number of rotatable bonds is 3. The number of aryl methyl sites for hydroxylation is 1. The molecule has 0 spiro atoms. The van der Waals surface area contributed by atoms with Gasteiger partial charge in [-0.2, -0.15) is 0 Å². The van der Waals surface area contributed by atoms with Gasteiger partial charge in [-0.3, -0.25) is 14.0 Å². The van der Waals surface area contributed by atoms with Gasteiger partial charge in [-0.05, 0) is 56.4 Å². The lowest BCUT2D eigenvalue weighted by atomic mass is 9.96. The standard InChI is InChI=1S/C21H23N5O2/c1-14-9-12-25(16-7-8-16)21(28)18(14)20(27)24-10-4-5-15(13-24)19-23-22-17-6-2-3-11-26(17)19/h2-3,6,9,11-12,15-16H,4-5,7-8,10,13H2,1H3. The van der Waals surface area contributed by atoms with Gasteiger partial charge in [-0.1, -0.05) is 6.07 Å². The maximum Gasteiger partial charge on any atom is 0.263 e. The summed E-state index contributed by atoms with van der Waals surface area (Å²) >= 11 is 0. The summed E-state index contributed by atoms with van der Waals surface area (Å²) in [4.78, 5) is 28.0. The van der Waals surface area contributed by atoms with Crippen LogP contribution in [0.25, 0.3) is 5.65 Å². The molecule has 144 valence electrons. The number of likely N-dealkylation sites (tertiary alicyclic amines) is 1. The van der Waals surface area contributed by atoms with Crippen molar-refractivity contribution in [3.8, 4) is 0 Å². The number of hydrogen-bond acceptors (Lipinski definition) is 4. The smallest absolute Gasteiger partial charge is 0.263 e. The molecule has 7 heteroatoms. The van der Waals surface area contributed by atoms with Crippen molar-refractivity contribution >= 4 is 11.6 Å². The van der Waals surface area contributed by atoms with Crippen LogP contribution in [0.1, 0.15) is 59.4 Å². The number of amides is 1. The number of piperidine rings is 1. The second-order valence-corrected chi connectivity index (χ2v) is 7.89.